The third kappa shape index (κ3) is 6.17. The first-order chi connectivity index (χ1) is 13.3. The van der Waals surface area contributed by atoms with E-state index in [1.54, 1.807) is 11.6 Å². The van der Waals surface area contributed by atoms with Crippen molar-refractivity contribution >= 4 is 17.6 Å². The van der Waals surface area contributed by atoms with Gasteiger partial charge in [0, 0.05) is 25.4 Å². The molecule has 0 spiro atoms. The molecule has 2 heterocycles. The molecule has 154 valence electrons. The predicted molar refractivity (Wildman–Crippen MR) is 113 cm³/mol. The van der Waals surface area contributed by atoms with Gasteiger partial charge in [0.15, 0.2) is 0 Å². The van der Waals surface area contributed by atoms with Crippen molar-refractivity contribution in [2.75, 3.05) is 13.1 Å². The van der Waals surface area contributed by atoms with E-state index in [1.807, 2.05) is 18.3 Å². The van der Waals surface area contributed by atoms with Crippen molar-refractivity contribution in [3.8, 4) is 0 Å². The molecule has 0 unspecified atom stereocenters. The zero-order chi connectivity index (χ0) is 20.7. The van der Waals surface area contributed by atoms with Crippen molar-refractivity contribution in [3.05, 3.63) is 41.4 Å². The summed E-state index contributed by atoms with van der Waals surface area (Å²) in [6.45, 7) is 14.1. The summed E-state index contributed by atoms with van der Waals surface area (Å²) in [5, 5.41) is 8.62. The number of nitrogens with one attached hydrogen (secondary N) is 1. The Kier molecular flexibility index (Phi) is 7.78. The molecule has 2 aromatic rings. The van der Waals surface area contributed by atoms with Crippen molar-refractivity contribution in [1.82, 2.24) is 19.8 Å². The molecular weight excluding hydrogens is 352 g/mol. The lowest BCUT2D eigenvalue weighted by molar-refractivity contribution is -0.124. The first-order valence-electron chi connectivity index (χ1n) is 10.1. The Balaban J connectivity index is 2.38. The van der Waals surface area contributed by atoms with Crippen LogP contribution in [0.3, 0.4) is 0 Å². The number of unbranched alkanes of at least 4 members (excludes halogenated alkanes) is 1. The van der Waals surface area contributed by atoms with Crippen LogP contribution in [0.2, 0.25) is 0 Å². The monoisotopic (exact) mass is 386 g/mol. The number of nitrogens with zero attached hydrogens (tertiary/aromatic N) is 3. The Labute approximate surface area is 168 Å². The molecule has 28 heavy (non-hydrogen) atoms. The summed E-state index contributed by atoms with van der Waals surface area (Å²) in [4.78, 5) is 18.6. The molecule has 2 aromatic heterocycles. The average Bonchev–Trinajstić information content (AvgIpc) is 2.99. The lowest BCUT2D eigenvalue weighted by Crippen LogP contribution is -2.32. The van der Waals surface area contributed by atoms with Gasteiger partial charge in [-0.3, -0.25) is 14.9 Å². The Bertz CT molecular complexity index is 818. The minimum atomic E-state index is -0.548. The smallest absolute Gasteiger partial charge is 0.267 e. The number of imidazole rings is 1. The van der Waals surface area contributed by atoms with Gasteiger partial charge in [-0.2, -0.15) is 0 Å². The lowest BCUT2D eigenvalue weighted by Gasteiger charge is -2.29. The van der Waals surface area contributed by atoms with Gasteiger partial charge in [0.25, 0.3) is 5.91 Å². The SMILES string of the molecule is CCCCc1nc2cc(C=CC(=O)NO)ccn2c1CN(CC)CC(C)(C)C. The number of carbonyl (C=O) groups excluding carboxylic acids is 1. The van der Waals surface area contributed by atoms with Gasteiger partial charge in [-0.05, 0) is 48.6 Å². The number of aromatic nitrogens is 2. The molecule has 6 heteroatoms. The van der Waals surface area contributed by atoms with Crippen LogP contribution < -0.4 is 5.48 Å². The zero-order valence-electron chi connectivity index (χ0n) is 17.8. The fourth-order valence-electron chi connectivity index (χ4n) is 3.35. The van der Waals surface area contributed by atoms with Crippen LogP contribution in [-0.2, 0) is 17.8 Å². The maximum Gasteiger partial charge on any atom is 0.267 e. The molecule has 0 radical (unpaired) electrons. The molecule has 0 saturated carbocycles. The quantitative estimate of drug-likeness (QED) is 0.387. The van der Waals surface area contributed by atoms with Crippen LogP contribution >= 0.6 is 0 Å². The van der Waals surface area contributed by atoms with Crippen molar-refractivity contribution in [2.45, 2.75) is 60.4 Å². The summed E-state index contributed by atoms with van der Waals surface area (Å²) in [6.07, 6.45) is 8.22. The van der Waals surface area contributed by atoms with E-state index in [1.165, 1.54) is 11.8 Å². The minimum absolute atomic E-state index is 0.241. The maximum atomic E-state index is 11.2. The van der Waals surface area contributed by atoms with Crippen LogP contribution in [0.15, 0.2) is 24.4 Å². The van der Waals surface area contributed by atoms with E-state index in [0.29, 0.717) is 0 Å². The number of amides is 1. The van der Waals surface area contributed by atoms with Gasteiger partial charge in [0.2, 0.25) is 0 Å². The van der Waals surface area contributed by atoms with Crippen LogP contribution in [0.5, 0.6) is 0 Å². The lowest BCUT2D eigenvalue weighted by atomic mass is 9.96. The highest BCUT2D eigenvalue weighted by Crippen LogP contribution is 2.22. The van der Waals surface area contributed by atoms with E-state index in [4.69, 9.17) is 10.2 Å². The van der Waals surface area contributed by atoms with Crippen LogP contribution in [0.25, 0.3) is 11.7 Å². The van der Waals surface area contributed by atoms with Gasteiger partial charge in [-0.1, -0.05) is 41.0 Å². The number of carbonyl (C=O) groups is 1. The number of hydrogen-bond acceptors (Lipinski definition) is 4. The first kappa shape index (κ1) is 22.1. The topological polar surface area (TPSA) is 69.9 Å². The summed E-state index contributed by atoms with van der Waals surface area (Å²) in [5.41, 5.74) is 6.01. The molecule has 0 aliphatic heterocycles. The normalized spacial score (nSPS) is 12.4. The molecule has 0 saturated heterocycles. The van der Waals surface area contributed by atoms with Gasteiger partial charge in [-0.25, -0.2) is 10.5 Å². The predicted octanol–water partition coefficient (Wildman–Crippen LogP) is 4.06. The van der Waals surface area contributed by atoms with Crippen molar-refractivity contribution < 1.29 is 10.0 Å². The standard InChI is InChI=1S/C22H34N4O2/c1-6-8-9-18-19(15-25(7-2)16-22(3,4)5)26-13-12-17(14-20(26)23-18)10-11-21(27)24-28/h10-14,28H,6-9,15-16H2,1-5H3,(H,24,27). The molecule has 0 fully saturated rings. The maximum absolute atomic E-state index is 11.2. The molecule has 6 nitrogen and oxygen atoms in total. The van der Waals surface area contributed by atoms with E-state index >= 15 is 0 Å². The highest BCUT2D eigenvalue weighted by Gasteiger charge is 2.19. The number of pyridine rings is 1. The second-order valence-electron chi connectivity index (χ2n) is 8.47. The van der Waals surface area contributed by atoms with E-state index in [-0.39, 0.29) is 5.41 Å². The summed E-state index contributed by atoms with van der Waals surface area (Å²) in [7, 11) is 0. The number of fused-ring (bicyclic) bond motifs is 1. The molecular formula is C22H34N4O2. The number of hydroxylamine groups is 1. The molecule has 1 amide bonds. The Morgan fingerprint density at radius 1 is 1.36 bits per heavy atom. The van der Waals surface area contributed by atoms with Gasteiger partial charge in [0.1, 0.15) is 5.65 Å². The van der Waals surface area contributed by atoms with Crippen LogP contribution in [0.1, 0.15) is 64.4 Å². The number of hydrogen-bond donors (Lipinski definition) is 2. The molecule has 0 atom stereocenters. The average molecular weight is 387 g/mol. The first-order valence-corrected chi connectivity index (χ1v) is 10.1. The highest BCUT2D eigenvalue weighted by atomic mass is 16.5. The second kappa shape index (κ2) is 9.85. The summed E-state index contributed by atoms with van der Waals surface area (Å²) in [5.74, 6) is -0.548. The van der Waals surface area contributed by atoms with Gasteiger partial charge in [0.05, 0.1) is 11.4 Å². The van der Waals surface area contributed by atoms with Gasteiger partial charge < -0.3 is 4.40 Å². The molecule has 0 bridgehead atoms. The van der Waals surface area contributed by atoms with Crippen LogP contribution in [-0.4, -0.2) is 38.5 Å². The minimum Gasteiger partial charge on any atom is -0.302 e. The van der Waals surface area contributed by atoms with E-state index in [2.05, 4.69) is 43.9 Å². The third-order valence-electron chi connectivity index (χ3n) is 4.66. The number of rotatable bonds is 9. The largest absolute Gasteiger partial charge is 0.302 e. The summed E-state index contributed by atoms with van der Waals surface area (Å²) in [6, 6.07) is 3.93. The molecule has 2 N–H and O–H groups in total. The second-order valence-corrected chi connectivity index (χ2v) is 8.47. The third-order valence-corrected chi connectivity index (χ3v) is 4.66. The fraction of sp³-hybridized carbons (Fsp3) is 0.545. The highest BCUT2D eigenvalue weighted by molar-refractivity contribution is 5.90. The van der Waals surface area contributed by atoms with Crippen molar-refractivity contribution in [3.63, 3.8) is 0 Å². The van der Waals surface area contributed by atoms with E-state index in [0.717, 1.165) is 55.8 Å². The fourth-order valence-corrected chi connectivity index (χ4v) is 3.35. The molecule has 0 aromatic carbocycles. The zero-order valence-corrected chi connectivity index (χ0v) is 17.8. The Hall–Kier alpha value is -2.18. The van der Waals surface area contributed by atoms with Gasteiger partial charge in [-0.15, -0.1) is 0 Å². The van der Waals surface area contributed by atoms with Crippen molar-refractivity contribution in [1.29, 1.82) is 0 Å². The van der Waals surface area contributed by atoms with Gasteiger partial charge >= 0.3 is 0 Å². The molecule has 2 rings (SSSR count). The van der Waals surface area contributed by atoms with E-state index < -0.39 is 5.91 Å². The van der Waals surface area contributed by atoms with Crippen LogP contribution in [0.4, 0.5) is 0 Å². The van der Waals surface area contributed by atoms with Crippen molar-refractivity contribution in [2.24, 2.45) is 5.41 Å². The number of aryl methyl sites for hydroxylation is 1. The summed E-state index contributed by atoms with van der Waals surface area (Å²) < 4.78 is 2.17. The van der Waals surface area contributed by atoms with E-state index in [9.17, 15) is 4.79 Å². The van der Waals surface area contributed by atoms with Crippen LogP contribution in [0, 0.1) is 5.41 Å². The Morgan fingerprint density at radius 3 is 2.71 bits per heavy atom. The Morgan fingerprint density at radius 2 is 2.11 bits per heavy atom. The molecule has 0 aliphatic rings. The molecule has 0 aliphatic carbocycles. The summed E-state index contributed by atoms with van der Waals surface area (Å²) >= 11 is 0.